The lowest BCUT2D eigenvalue weighted by Gasteiger charge is -2.12. The maximum Gasteiger partial charge on any atom is 0.239 e. The average Bonchev–Trinajstić information content (AvgIpc) is 2.18. The Bertz CT molecular complexity index is 375. The highest BCUT2D eigenvalue weighted by Crippen LogP contribution is 2.21. The minimum absolute atomic E-state index is 0.0613. The van der Waals surface area contributed by atoms with Crippen LogP contribution in [0.3, 0.4) is 0 Å². The van der Waals surface area contributed by atoms with E-state index in [2.05, 4.69) is 16.9 Å². The van der Waals surface area contributed by atoms with Gasteiger partial charge in [-0.15, -0.1) is 0 Å². The smallest absolute Gasteiger partial charge is 0.239 e. The molecular weight excluding hydrogens is 202 g/mol. The monoisotopic (exact) mass is 221 g/mol. The maximum absolute atomic E-state index is 5.76. The van der Waals surface area contributed by atoms with Crippen LogP contribution in [0.2, 0.25) is 0 Å². The molecule has 16 heavy (non-hydrogen) atoms. The first-order chi connectivity index (χ1) is 7.49. The first-order valence-corrected chi connectivity index (χ1v) is 5.30. The molecule has 4 heteroatoms. The summed E-state index contributed by atoms with van der Waals surface area (Å²) in [6.07, 6.45) is 0.0613. The van der Waals surface area contributed by atoms with E-state index in [4.69, 9.17) is 10.5 Å². The predicted octanol–water partition coefficient (Wildman–Crippen LogP) is 2.44. The van der Waals surface area contributed by atoms with Crippen LogP contribution in [-0.4, -0.2) is 17.6 Å². The normalized spacial score (nSPS) is 10.2. The van der Waals surface area contributed by atoms with Crippen molar-refractivity contribution >= 4 is 11.5 Å². The van der Waals surface area contributed by atoms with Crippen molar-refractivity contribution in [1.82, 2.24) is 4.98 Å². The van der Waals surface area contributed by atoms with Gasteiger partial charge in [-0.05, 0) is 32.9 Å². The van der Waals surface area contributed by atoms with E-state index in [0.717, 1.165) is 11.4 Å². The molecule has 0 saturated carbocycles. The Morgan fingerprint density at radius 3 is 2.81 bits per heavy atom. The number of nitrogen functional groups attached to an aromatic ring is 1. The van der Waals surface area contributed by atoms with Crippen LogP contribution in [0.5, 0.6) is 5.88 Å². The molecule has 4 nitrogen and oxygen atoms in total. The second-order valence-corrected chi connectivity index (χ2v) is 4.07. The molecule has 1 heterocycles. The van der Waals surface area contributed by atoms with Crippen LogP contribution >= 0.6 is 0 Å². The Hall–Kier alpha value is -1.71. The molecule has 88 valence electrons. The third kappa shape index (κ3) is 3.81. The first kappa shape index (κ1) is 12.4. The van der Waals surface area contributed by atoms with Crippen molar-refractivity contribution in [2.45, 2.75) is 26.9 Å². The maximum atomic E-state index is 5.76. The lowest BCUT2D eigenvalue weighted by Crippen LogP contribution is -2.11. The van der Waals surface area contributed by atoms with Crippen LogP contribution in [0.15, 0.2) is 24.3 Å². The molecule has 0 amide bonds. The summed E-state index contributed by atoms with van der Waals surface area (Å²) in [6.45, 7) is 10.3. The van der Waals surface area contributed by atoms with E-state index < -0.39 is 0 Å². The Kier molecular flexibility index (Phi) is 4.17. The SMILES string of the molecule is C=C(C)CNc1ccc(N)c(OC(C)C)n1. The third-order valence-corrected chi connectivity index (χ3v) is 1.81. The molecular formula is C12H19N3O. The molecule has 0 radical (unpaired) electrons. The molecule has 0 bridgehead atoms. The van der Waals surface area contributed by atoms with E-state index in [0.29, 0.717) is 18.1 Å². The van der Waals surface area contributed by atoms with E-state index in [1.165, 1.54) is 0 Å². The number of ether oxygens (including phenoxy) is 1. The highest BCUT2D eigenvalue weighted by molar-refractivity contribution is 5.53. The minimum Gasteiger partial charge on any atom is -0.473 e. The number of hydrogen-bond donors (Lipinski definition) is 2. The van der Waals surface area contributed by atoms with Crippen molar-refractivity contribution in [2.24, 2.45) is 0 Å². The first-order valence-electron chi connectivity index (χ1n) is 5.30. The van der Waals surface area contributed by atoms with Crippen molar-refractivity contribution in [3.8, 4) is 5.88 Å². The van der Waals surface area contributed by atoms with Crippen molar-refractivity contribution in [1.29, 1.82) is 0 Å². The van der Waals surface area contributed by atoms with Gasteiger partial charge in [0.1, 0.15) is 5.82 Å². The Morgan fingerprint density at radius 2 is 2.25 bits per heavy atom. The fourth-order valence-electron chi connectivity index (χ4n) is 1.11. The van der Waals surface area contributed by atoms with Crippen molar-refractivity contribution in [3.63, 3.8) is 0 Å². The van der Waals surface area contributed by atoms with Crippen LogP contribution in [0, 0.1) is 0 Å². The summed E-state index contributed by atoms with van der Waals surface area (Å²) in [5.41, 5.74) is 7.36. The van der Waals surface area contributed by atoms with Gasteiger partial charge in [-0.1, -0.05) is 12.2 Å². The third-order valence-electron chi connectivity index (χ3n) is 1.81. The second kappa shape index (κ2) is 5.39. The van der Waals surface area contributed by atoms with Gasteiger partial charge in [-0.25, -0.2) is 0 Å². The van der Waals surface area contributed by atoms with Crippen molar-refractivity contribution < 1.29 is 4.74 Å². The Balaban J connectivity index is 2.76. The van der Waals surface area contributed by atoms with Crippen molar-refractivity contribution in [2.75, 3.05) is 17.6 Å². The van der Waals surface area contributed by atoms with Crippen LogP contribution in [-0.2, 0) is 0 Å². The Labute approximate surface area is 96.5 Å². The number of aromatic nitrogens is 1. The zero-order valence-corrected chi connectivity index (χ0v) is 10.1. The number of pyridine rings is 1. The topological polar surface area (TPSA) is 60.2 Å². The number of anilines is 2. The number of rotatable bonds is 5. The summed E-state index contributed by atoms with van der Waals surface area (Å²) >= 11 is 0. The summed E-state index contributed by atoms with van der Waals surface area (Å²) in [4.78, 5) is 4.28. The molecule has 0 atom stereocenters. The number of nitrogens with zero attached hydrogens (tertiary/aromatic N) is 1. The quantitative estimate of drug-likeness (QED) is 0.750. The standard InChI is InChI=1S/C12H19N3O/c1-8(2)7-14-11-6-5-10(13)12(15-11)16-9(3)4/h5-6,9H,1,7,13H2,2-4H3,(H,14,15). The highest BCUT2D eigenvalue weighted by Gasteiger charge is 2.05. The van der Waals surface area contributed by atoms with Crippen molar-refractivity contribution in [3.05, 3.63) is 24.3 Å². The fraction of sp³-hybridized carbons (Fsp3) is 0.417. The summed E-state index contributed by atoms with van der Waals surface area (Å²) in [7, 11) is 0. The molecule has 0 aliphatic heterocycles. The van der Waals surface area contributed by atoms with E-state index in [1.807, 2.05) is 26.8 Å². The minimum atomic E-state index is 0.0613. The highest BCUT2D eigenvalue weighted by atomic mass is 16.5. The average molecular weight is 221 g/mol. The molecule has 0 aliphatic carbocycles. The van der Waals surface area contributed by atoms with E-state index in [1.54, 1.807) is 6.07 Å². The summed E-state index contributed by atoms with van der Waals surface area (Å²) in [5, 5.41) is 3.14. The summed E-state index contributed by atoms with van der Waals surface area (Å²) in [5.74, 6) is 1.22. The van der Waals surface area contributed by atoms with Crippen LogP contribution in [0.25, 0.3) is 0 Å². The number of nitrogens with two attached hydrogens (primary N) is 1. The van der Waals surface area contributed by atoms with Gasteiger partial charge in [0.15, 0.2) is 0 Å². The molecule has 0 unspecified atom stereocenters. The van der Waals surface area contributed by atoms with Gasteiger partial charge in [0, 0.05) is 6.54 Å². The molecule has 1 aromatic rings. The summed E-state index contributed by atoms with van der Waals surface area (Å²) in [6, 6.07) is 3.61. The number of nitrogens with one attached hydrogen (secondary N) is 1. The fourth-order valence-corrected chi connectivity index (χ4v) is 1.11. The van der Waals surface area contributed by atoms with Crippen LogP contribution in [0.4, 0.5) is 11.5 Å². The van der Waals surface area contributed by atoms with Gasteiger partial charge in [0.25, 0.3) is 0 Å². The zero-order valence-electron chi connectivity index (χ0n) is 10.1. The zero-order chi connectivity index (χ0) is 12.1. The molecule has 0 saturated heterocycles. The van der Waals surface area contributed by atoms with E-state index >= 15 is 0 Å². The number of hydrogen-bond acceptors (Lipinski definition) is 4. The van der Waals surface area contributed by atoms with Gasteiger partial charge in [-0.2, -0.15) is 4.98 Å². The van der Waals surface area contributed by atoms with E-state index in [-0.39, 0.29) is 6.10 Å². The largest absolute Gasteiger partial charge is 0.473 e. The molecule has 0 aliphatic rings. The predicted molar refractivity (Wildman–Crippen MR) is 67.7 cm³/mol. The van der Waals surface area contributed by atoms with Gasteiger partial charge >= 0.3 is 0 Å². The van der Waals surface area contributed by atoms with Crippen LogP contribution < -0.4 is 15.8 Å². The van der Waals surface area contributed by atoms with Gasteiger partial charge in [0.2, 0.25) is 5.88 Å². The molecule has 1 rings (SSSR count). The summed E-state index contributed by atoms with van der Waals surface area (Å²) < 4.78 is 5.49. The van der Waals surface area contributed by atoms with Gasteiger partial charge in [0.05, 0.1) is 11.8 Å². The molecule has 0 spiro atoms. The van der Waals surface area contributed by atoms with E-state index in [9.17, 15) is 0 Å². The lowest BCUT2D eigenvalue weighted by molar-refractivity contribution is 0.234. The van der Waals surface area contributed by atoms with Gasteiger partial charge < -0.3 is 15.8 Å². The lowest BCUT2D eigenvalue weighted by atomic mass is 10.3. The van der Waals surface area contributed by atoms with Crippen LogP contribution in [0.1, 0.15) is 20.8 Å². The molecule has 0 aromatic carbocycles. The molecule has 0 fully saturated rings. The molecule has 3 N–H and O–H groups in total. The van der Waals surface area contributed by atoms with Gasteiger partial charge in [-0.3, -0.25) is 0 Å². The molecule has 1 aromatic heterocycles. The Morgan fingerprint density at radius 1 is 1.56 bits per heavy atom. The second-order valence-electron chi connectivity index (χ2n) is 4.07.